The highest BCUT2D eigenvalue weighted by molar-refractivity contribution is 7.07. The Balaban J connectivity index is 2.93. The SMILES string of the molecule is CC(=O)c1c[c]sc1. The first-order chi connectivity index (χ1) is 3.80. The summed E-state index contributed by atoms with van der Waals surface area (Å²) >= 11 is 1.42. The van der Waals surface area contributed by atoms with Gasteiger partial charge in [0.25, 0.3) is 0 Å². The van der Waals surface area contributed by atoms with E-state index in [-0.39, 0.29) is 5.78 Å². The quantitative estimate of drug-likeness (QED) is 0.522. The molecule has 1 nitrogen and oxygen atoms in total. The molecule has 1 heterocycles. The first-order valence-corrected chi connectivity index (χ1v) is 3.14. The Hall–Kier alpha value is -0.630. The van der Waals surface area contributed by atoms with Crippen molar-refractivity contribution in [1.82, 2.24) is 0 Å². The maximum absolute atomic E-state index is 10.5. The average Bonchev–Trinajstić information content (AvgIpc) is 2.12. The van der Waals surface area contributed by atoms with E-state index in [9.17, 15) is 4.79 Å². The number of Topliss-reactive ketones (excluding diaryl/α,β-unsaturated/α-hetero) is 1. The summed E-state index contributed by atoms with van der Waals surface area (Å²) in [6, 6.07) is 1.70. The van der Waals surface area contributed by atoms with Crippen molar-refractivity contribution >= 4 is 17.1 Å². The Morgan fingerprint density at radius 1 is 1.88 bits per heavy atom. The molecule has 2 heteroatoms. The third kappa shape index (κ3) is 0.954. The van der Waals surface area contributed by atoms with Crippen LogP contribution in [0.15, 0.2) is 11.4 Å². The van der Waals surface area contributed by atoms with Crippen molar-refractivity contribution in [1.29, 1.82) is 0 Å². The maximum Gasteiger partial charge on any atom is 0.160 e. The molecule has 1 aromatic heterocycles. The van der Waals surface area contributed by atoms with E-state index >= 15 is 0 Å². The van der Waals surface area contributed by atoms with E-state index in [1.807, 2.05) is 0 Å². The fourth-order valence-electron chi connectivity index (χ4n) is 0.414. The zero-order chi connectivity index (χ0) is 5.98. The summed E-state index contributed by atoms with van der Waals surface area (Å²) < 4.78 is 0. The number of hydrogen-bond acceptors (Lipinski definition) is 2. The van der Waals surface area contributed by atoms with Gasteiger partial charge in [-0.05, 0) is 13.0 Å². The lowest BCUT2D eigenvalue weighted by Gasteiger charge is -1.79. The van der Waals surface area contributed by atoms with Gasteiger partial charge in [0.05, 0.1) is 0 Å². The van der Waals surface area contributed by atoms with Gasteiger partial charge >= 0.3 is 0 Å². The van der Waals surface area contributed by atoms with Crippen molar-refractivity contribution in [3.8, 4) is 0 Å². The van der Waals surface area contributed by atoms with Crippen LogP contribution in [0, 0.1) is 5.38 Å². The Labute approximate surface area is 52.0 Å². The molecule has 0 bridgehead atoms. The maximum atomic E-state index is 10.5. The van der Waals surface area contributed by atoms with Gasteiger partial charge in [-0.15, -0.1) is 11.3 Å². The molecular formula is C6H5OS. The summed E-state index contributed by atoms with van der Waals surface area (Å²) in [6.07, 6.45) is 0. The van der Waals surface area contributed by atoms with Crippen molar-refractivity contribution in [2.24, 2.45) is 0 Å². The first-order valence-electron chi connectivity index (χ1n) is 2.26. The molecule has 0 saturated heterocycles. The van der Waals surface area contributed by atoms with Gasteiger partial charge in [0, 0.05) is 16.3 Å². The second kappa shape index (κ2) is 2.09. The molecular weight excluding hydrogens is 120 g/mol. The molecule has 41 valence electrons. The molecule has 0 aliphatic rings. The molecule has 1 radical (unpaired) electrons. The monoisotopic (exact) mass is 125 g/mol. The van der Waals surface area contributed by atoms with E-state index in [1.165, 1.54) is 11.3 Å². The van der Waals surface area contributed by atoms with Crippen molar-refractivity contribution in [2.75, 3.05) is 0 Å². The van der Waals surface area contributed by atoms with Crippen LogP contribution in [0.3, 0.4) is 0 Å². The fourth-order valence-corrected chi connectivity index (χ4v) is 1.04. The van der Waals surface area contributed by atoms with Crippen molar-refractivity contribution in [3.05, 3.63) is 22.4 Å². The molecule has 8 heavy (non-hydrogen) atoms. The van der Waals surface area contributed by atoms with Gasteiger partial charge in [-0.25, -0.2) is 0 Å². The number of rotatable bonds is 1. The van der Waals surface area contributed by atoms with Crippen LogP contribution in [0.1, 0.15) is 17.3 Å². The molecule has 0 spiro atoms. The molecule has 1 aromatic rings. The number of carbonyl (C=O) groups excluding carboxylic acids is 1. The summed E-state index contributed by atoms with van der Waals surface area (Å²) in [5.74, 6) is 0.113. The highest BCUT2D eigenvalue weighted by Crippen LogP contribution is 2.04. The van der Waals surface area contributed by atoms with Crippen LogP contribution in [-0.2, 0) is 0 Å². The Kier molecular flexibility index (Phi) is 1.44. The van der Waals surface area contributed by atoms with Crippen LogP contribution in [-0.4, -0.2) is 5.78 Å². The van der Waals surface area contributed by atoms with Crippen LogP contribution in [0.2, 0.25) is 0 Å². The van der Waals surface area contributed by atoms with Gasteiger partial charge in [0.2, 0.25) is 0 Å². The summed E-state index contributed by atoms with van der Waals surface area (Å²) in [7, 11) is 0. The predicted molar refractivity (Wildman–Crippen MR) is 33.2 cm³/mol. The van der Waals surface area contributed by atoms with Crippen LogP contribution in [0.4, 0.5) is 0 Å². The minimum atomic E-state index is 0.113. The molecule has 0 N–H and O–H groups in total. The first kappa shape index (κ1) is 5.51. The van der Waals surface area contributed by atoms with Gasteiger partial charge in [-0.1, -0.05) is 0 Å². The van der Waals surface area contributed by atoms with Gasteiger partial charge in [0.15, 0.2) is 5.78 Å². The lowest BCUT2D eigenvalue weighted by atomic mass is 10.2. The molecule has 0 amide bonds. The molecule has 0 saturated carbocycles. The van der Waals surface area contributed by atoms with Gasteiger partial charge < -0.3 is 0 Å². The van der Waals surface area contributed by atoms with Crippen molar-refractivity contribution < 1.29 is 4.79 Å². The second-order valence-corrected chi connectivity index (χ2v) is 2.22. The minimum Gasteiger partial charge on any atom is -0.294 e. The van der Waals surface area contributed by atoms with E-state index in [0.29, 0.717) is 0 Å². The average molecular weight is 125 g/mol. The Morgan fingerprint density at radius 3 is 2.88 bits per heavy atom. The normalized spacial score (nSPS) is 9.12. The smallest absolute Gasteiger partial charge is 0.160 e. The van der Waals surface area contributed by atoms with E-state index in [2.05, 4.69) is 5.38 Å². The van der Waals surface area contributed by atoms with Crippen LogP contribution in [0.5, 0.6) is 0 Å². The highest BCUT2D eigenvalue weighted by Gasteiger charge is 1.95. The van der Waals surface area contributed by atoms with Crippen molar-refractivity contribution in [2.45, 2.75) is 6.92 Å². The zero-order valence-electron chi connectivity index (χ0n) is 4.47. The topological polar surface area (TPSA) is 17.1 Å². The number of thiophene rings is 1. The molecule has 0 atom stereocenters. The molecule has 1 rings (SSSR count). The number of hydrogen-bond donors (Lipinski definition) is 0. The summed E-state index contributed by atoms with van der Waals surface area (Å²) in [5.41, 5.74) is 0.759. The van der Waals surface area contributed by atoms with Crippen molar-refractivity contribution in [3.63, 3.8) is 0 Å². The van der Waals surface area contributed by atoms with Crippen LogP contribution >= 0.6 is 11.3 Å². The van der Waals surface area contributed by atoms with E-state index in [1.54, 1.807) is 18.4 Å². The lowest BCUT2D eigenvalue weighted by Crippen LogP contribution is -1.85. The van der Waals surface area contributed by atoms with E-state index < -0.39 is 0 Å². The molecule has 0 unspecified atom stereocenters. The molecule has 0 fully saturated rings. The predicted octanol–water partition coefficient (Wildman–Crippen LogP) is 1.75. The van der Waals surface area contributed by atoms with E-state index in [4.69, 9.17) is 0 Å². The number of carbonyl (C=O) groups is 1. The Morgan fingerprint density at radius 2 is 2.62 bits per heavy atom. The third-order valence-corrected chi connectivity index (χ3v) is 1.50. The Bertz CT molecular complexity index is 176. The van der Waals surface area contributed by atoms with E-state index in [0.717, 1.165) is 5.56 Å². The van der Waals surface area contributed by atoms with Gasteiger partial charge in [-0.2, -0.15) is 0 Å². The van der Waals surface area contributed by atoms with Crippen LogP contribution in [0.25, 0.3) is 0 Å². The molecule has 0 aromatic carbocycles. The van der Waals surface area contributed by atoms with Crippen LogP contribution < -0.4 is 0 Å². The zero-order valence-corrected chi connectivity index (χ0v) is 5.29. The second-order valence-electron chi connectivity index (χ2n) is 1.51. The van der Waals surface area contributed by atoms with Gasteiger partial charge in [-0.3, -0.25) is 4.79 Å². The molecule has 0 aliphatic heterocycles. The summed E-state index contributed by atoms with van der Waals surface area (Å²) in [4.78, 5) is 10.5. The number of ketones is 1. The largest absolute Gasteiger partial charge is 0.294 e. The van der Waals surface area contributed by atoms with Gasteiger partial charge in [0.1, 0.15) is 0 Å². The lowest BCUT2D eigenvalue weighted by molar-refractivity contribution is 0.101. The highest BCUT2D eigenvalue weighted by atomic mass is 32.1. The summed E-state index contributed by atoms with van der Waals surface area (Å²) in [5, 5.41) is 4.63. The minimum absolute atomic E-state index is 0.113. The standard InChI is InChI=1S/C6H5OS/c1-5(7)6-2-3-8-4-6/h2,4H,1H3. The third-order valence-electron chi connectivity index (χ3n) is 0.875. The molecule has 0 aliphatic carbocycles. The fraction of sp³-hybridized carbons (Fsp3) is 0.167. The summed E-state index contributed by atoms with van der Waals surface area (Å²) in [6.45, 7) is 1.55.